The first-order valence-corrected chi connectivity index (χ1v) is 9.19. The van der Waals surface area contributed by atoms with Crippen molar-refractivity contribution in [2.45, 2.75) is 12.8 Å². The minimum Gasteiger partial charge on any atom is -0.496 e. The van der Waals surface area contributed by atoms with E-state index in [1.54, 1.807) is 12.1 Å². The number of nitrogen functional groups attached to an aromatic ring is 1. The third kappa shape index (κ3) is 5.05. The maximum Gasteiger partial charge on any atom is 0.259 e. The van der Waals surface area contributed by atoms with Gasteiger partial charge >= 0.3 is 0 Å². The number of hydrogen-bond acceptors (Lipinski definition) is 5. The number of carbonyl (C=O) groups is 1. The summed E-state index contributed by atoms with van der Waals surface area (Å²) in [6.45, 7) is 2.28. The Morgan fingerprint density at radius 1 is 1.26 bits per heavy atom. The molecule has 0 saturated carbocycles. The second-order valence-electron chi connectivity index (χ2n) is 6.42. The van der Waals surface area contributed by atoms with Crippen molar-refractivity contribution in [1.82, 2.24) is 0 Å². The molecule has 3 rings (SSSR count). The van der Waals surface area contributed by atoms with E-state index in [9.17, 15) is 4.79 Å². The van der Waals surface area contributed by atoms with Gasteiger partial charge in [0.25, 0.3) is 5.91 Å². The van der Waals surface area contributed by atoms with Crippen LogP contribution in [0.25, 0.3) is 0 Å². The van der Waals surface area contributed by atoms with Crippen molar-refractivity contribution in [1.29, 1.82) is 0 Å². The zero-order chi connectivity index (χ0) is 19.2. The zero-order valence-electron chi connectivity index (χ0n) is 15.2. The predicted octanol–water partition coefficient (Wildman–Crippen LogP) is 3.99. The Bertz CT molecular complexity index is 789. The molecular weight excluding hydrogens is 368 g/mol. The Morgan fingerprint density at radius 3 is 2.63 bits per heavy atom. The van der Waals surface area contributed by atoms with Gasteiger partial charge in [-0.3, -0.25) is 4.79 Å². The molecule has 1 amide bonds. The molecule has 1 fully saturated rings. The van der Waals surface area contributed by atoms with Crippen molar-refractivity contribution < 1.29 is 19.0 Å². The van der Waals surface area contributed by atoms with Crippen molar-refractivity contribution in [3.05, 3.63) is 47.0 Å². The highest BCUT2D eigenvalue weighted by atomic mass is 35.5. The highest BCUT2D eigenvalue weighted by molar-refractivity contribution is 6.33. The third-order valence-electron chi connectivity index (χ3n) is 4.50. The first-order valence-electron chi connectivity index (χ1n) is 8.82. The van der Waals surface area contributed by atoms with E-state index in [4.69, 9.17) is 31.5 Å². The van der Waals surface area contributed by atoms with Crippen molar-refractivity contribution in [3.63, 3.8) is 0 Å². The molecule has 0 radical (unpaired) electrons. The van der Waals surface area contributed by atoms with Crippen LogP contribution in [0.5, 0.6) is 11.5 Å². The molecule has 0 aromatic heterocycles. The molecule has 27 heavy (non-hydrogen) atoms. The number of nitrogens with one attached hydrogen (secondary N) is 1. The molecule has 3 N–H and O–H groups in total. The predicted molar refractivity (Wildman–Crippen MR) is 106 cm³/mol. The van der Waals surface area contributed by atoms with Gasteiger partial charge in [-0.15, -0.1) is 0 Å². The van der Waals surface area contributed by atoms with E-state index in [2.05, 4.69) is 5.32 Å². The smallest absolute Gasteiger partial charge is 0.259 e. The third-order valence-corrected chi connectivity index (χ3v) is 4.83. The fourth-order valence-corrected chi connectivity index (χ4v) is 3.04. The van der Waals surface area contributed by atoms with E-state index in [0.717, 1.165) is 31.8 Å². The summed E-state index contributed by atoms with van der Waals surface area (Å²) in [6, 6.07) is 10.3. The van der Waals surface area contributed by atoms with Crippen LogP contribution in [-0.2, 0) is 4.74 Å². The van der Waals surface area contributed by atoms with E-state index < -0.39 is 0 Å². The summed E-state index contributed by atoms with van der Waals surface area (Å²) in [7, 11) is 1.48. The Kier molecular flexibility index (Phi) is 6.42. The molecule has 0 unspecified atom stereocenters. The summed E-state index contributed by atoms with van der Waals surface area (Å²) in [5.41, 5.74) is 7.07. The number of hydrogen-bond donors (Lipinski definition) is 2. The van der Waals surface area contributed by atoms with E-state index in [1.165, 1.54) is 19.2 Å². The van der Waals surface area contributed by atoms with E-state index >= 15 is 0 Å². The van der Waals surface area contributed by atoms with Gasteiger partial charge in [-0.1, -0.05) is 11.6 Å². The van der Waals surface area contributed by atoms with Gasteiger partial charge in [-0.25, -0.2) is 0 Å². The van der Waals surface area contributed by atoms with Gasteiger partial charge in [0, 0.05) is 25.0 Å². The summed E-state index contributed by atoms with van der Waals surface area (Å²) in [5, 5.41) is 3.13. The van der Waals surface area contributed by atoms with Crippen LogP contribution in [0.1, 0.15) is 23.2 Å². The second-order valence-corrected chi connectivity index (χ2v) is 6.83. The second kappa shape index (κ2) is 8.97. The number of halogens is 1. The van der Waals surface area contributed by atoms with Crippen LogP contribution in [0, 0.1) is 5.92 Å². The minimum absolute atomic E-state index is 0.304. The Hall–Kier alpha value is -2.44. The Morgan fingerprint density at radius 2 is 1.96 bits per heavy atom. The van der Waals surface area contributed by atoms with Gasteiger partial charge in [0.2, 0.25) is 0 Å². The van der Waals surface area contributed by atoms with E-state index in [0.29, 0.717) is 40.2 Å². The zero-order valence-corrected chi connectivity index (χ0v) is 15.9. The molecule has 7 heteroatoms. The van der Waals surface area contributed by atoms with Gasteiger partial charge in [0.1, 0.15) is 11.5 Å². The standard InChI is InChI=1S/C20H23ClN2O4/c1-25-19-11-18(22)17(21)10-16(19)20(24)23-14-2-4-15(5-3-14)27-12-13-6-8-26-9-7-13/h2-5,10-11,13H,6-9,12,22H2,1H3,(H,23,24). The SMILES string of the molecule is COc1cc(N)c(Cl)cc1C(=O)Nc1ccc(OCC2CCOCC2)cc1. The largest absolute Gasteiger partial charge is 0.496 e. The fraction of sp³-hybridized carbons (Fsp3) is 0.350. The maximum absolute atomic E-state index is 12.5. The van der Waals surface area contributed by atoms with Crippen LogP contribution in [0.15, 0.2) is 36.4 Å². The first-order chi connectivity index (χ1) is 13.1. The maximum atomic E-state index is 12.5. The number of rotatable bonds is 6. The lowest BCUT2D eigenvalue weighted by molar-refractivity contribution is 0.0497. The summed E-state index contributed by atoms with van der Waals surface area (Å²) in [4.78, 5) is 12.5. The Balaban J connectivity index is 1.61. The van der Waals surface area contributed by atoms with Crippen molar-refractivity contribution in [3.8, 4) is 11.5 Å². The summed E-state index contributed by atoms with van der Waals surface area (Å²) in [5.74, 6) is 1.34. The van der Waals surface area contributed by atoms with Gasteiger partial charge in [0.05, 0.1) is 30.0 Å². The molecule has 0 atom stereocenters. The van der Waals surface area contributed by atoms with Gasteiger partial charge in [-0.2, -0.15) is 0 Å². The molecule has 2 aromatic carbocycles. The summed E-state index contributed by atoms with van der Waals surface area (Å²) in [6.07, 6.45) is 2.06. The number of anilines is 2. The average molecular weight is 391 g/mol. The molecule has 1 aliphatic heterocycles. The first kappa shape index (κ1) is 19.3. The molecule has 0 aliphatic carbocycles. The average Bonchev–Trinajstić information content (AvgIpc) is 2.70. The van der Waals surface area contributed by atoms with Crippen LogP contribution in [0.3, 0.4) is 0 Å². The van der Waals surface area contributed by atoms with Gasteiger partial charge in [0.15, 0.2) is 0 Å². The summed E-state index contributed by atoms with van der Waals surface area (Å²) < 4.78 is 16.4. The number of carbonyl (C=O) groups excluding carboxylic acids is 1. The number of methoxy groups -OCH3 is 1. The number of amides is 1. The highest BCUT2D eigenvalue weighted by Crippen LogP contribution is 2.29. The highest BCUT2D eigenvalue weighted by Gasteiger charge is 2.16. The van der Waals surface area contributed by atoms with Crippen LogP contribution < -0.4 is 20.5 Å². The normalized spacial score (nSPS) is 14.6. The topological polar surface area (TPSA) is 82.8 Å². The molecule has 1 saturated heterocycles. The van der Waals surface area contributed by atoms with Crippen LogP contribution >= 0.6 is 11.6 Å². The van der Waals surface area contributed by atoms with E-state index in [-0.39, 0.29) is 5.91 Å². The molecule has 6 nitrogen and oxygen atoms in total. The summed E-state index contributed by atoms with van der Waals surface area (Å²) >= 11 is 6.02. The molecule has 144 valence electrons. The van der Waals surface area contributed by atoms with Crippen LogP contribution in [0.4, 0.5) is 11.4 Å². The Labute approximate surface area is 163 Å². The van der Waals surface area contributed by atoms with Crippen LogP contribution in [0.2, 0.25) is 5.02 Å². The van der Waals surface area contributed by atoms with Crippen LogP contribution in [-0.4, -0.2) is 32.8 Å². The quantitative estimate of drug-likeness (QED) is 0.729. The minimum atomic E-state index is -0.329. The lowest BCUT2D eigenvalue weighted by Gasteiger charge is -2.22. The number of nitrogens with two attached hydrogens (primary N) is 1. The number of benzene rings is 2. The lowest BCUT2D eigenvalue weighted by atomic mass is 10.0. The molecule has 1 heterocycles. The van der Waals surface area contributed by atoms with E-state index in [1.807, 2.05) is 12.1 Å². The van der Waals surface area contributed by atoms with Crippen molar-refractivity contribution in [2.75, 3.05) is 38.0 Å². The molecule has 0 spiro atoms. The fourth-order valence-electron chi connectivity index (χ4n) is 2.88. The molecule has 2 aromatic rings. The monoisotopic (exact) mass is 390 g/mol. The van der Waals surface area contributed by atoms with Crippen molar-refractivity contribution in [2.24, 2.45) is 5.92 Å². The molecular formula is C20H23ClN2O4. The van der Waals surface area contributed by atoms with Gasteiger partial charge in [-0.05, 0) is 49.1 Å². The van der Waals surface area contributed by atoms with Crippen molar-refractivity contribution >= 4 is 28.9 Å². The molecule has 1 aliphatic rings. The molecule has 0 bridgehead atoms. The van der Waals surface area contributed by atoms with Gasteiger partial charge < -0.3 is 25.3 Å². The number of ether oxygens (including phenoxy) is 3. The lowest BCUT2D eigenvalue weighted by Crippen LogP contribution is -2.21.